The molecule has 1 aromatic carbocycles. The van der Waals surface area contributed by atoms with Crippen molar-refractivity contribution in [2.45, 2.75) is 31.8 Å². The molecule has 0 aromatic heterocycles. The molecule has 1 atom stereocenters. The van der Waals surface area contributed by atoms with Gasteiger partial charge in [0.25, 0.3) is 0 Å². The van der Waals surface area contributed by atoms with E-state index >= 15 is 0 Å². The van der Waals surface area contributed by atoms with Crippen molar-refractivity contribution >= 4 is 0 Å². The number of unbranched alkanes of at least 4 members (excludes halogenated alkanes) is 1. The summed E-state index contributed by atoms with van der Waals surface area (Å²) in [6, 6.07) is 6.14. The number of methoxy groups -OCH3 is 1. The molecular weight excluding hydrogens is 242 g/mol. The molecule has 106 valence electrons. The van der Waals surface area contributed by atoms with Crippen LogP contribution in [0.5, 0.6) is 11.5 Å². The Morgan fingerprint density at radius 1 is 1.32 bits per heavy atom. The highest BCUT2D eigenvalue weighted by Gasteiger charge is 2.19. The van der Waals surface area contributed by atoms with E-state index in [0.29, 0.717) is 6.61 Å². The van der Waals surface area contributed by atoms with Crippen molar-refractivity contribution in [2.24, 2.45) is 5.73 Å². The molecule has 0 bridgehead atoms. The predicted molar refractivity (Wildman–Crippen MR) is 74.8 cm³/mol. The second kappa shape index (κ2) is 7.36. The summed E-state index contributed by atoms with van der Waals surface area (Å²) >= 11 is 0. The number of hydrogen-bond acceptors (Lipinski definition) is 4. The molecule has 4 nitrogen and oxygen atoms in total. The number of rotatable bonds is 7. The Labute approximate surface area is 114 Å². The Morgan fingerprint density at radius 2 is 2.21 bits per heavy atom. The van der Waals surface area contributed by atoms with E-state index in [2.05, 4.69) is 12.1 Å². The van der Waals surface area contributed by atoms with Crippen molar-refractivity contribution in [1.29, 1.82) is 0 Å². The van der Waals surface area contributed by atoms with Crippen molar-refractivity contribution in [1.82, 2.24) is 0 Å². The standard InChI is InChI=1S/C15H23NO3/c1-17-14-6-5-12(4-2-3-8-16)10-15(14)19-13-7-9-18-11-13/h5-6,10,13H,2-4,7-9,11,16H2,1H3. The lowest BCUT2D eigenvalue weighted by Gasteiger charge is -2.16. The molecule has 0 saturated carbocycles. The summed E-state index contributed by atoms with van der Waals surface area (Å²) in [5.41, 5.74) is 6.79. The van der Waals surface area contributed by atoms with Crippen LogP contribution in [0.25, 0.3) is 0 Å². The lowest BCUT2D eigenvalue weighted by molar-refractivity contribution is 0.138. The van der Waals surface area contributed by atoms with Gasteiger partial charge in [-0.15, -0.1) is 0 Å². The smallest absolute Gasteiger partial charge is 0.161 e. The highest BCUT2D eigenvalue weighted by molar-refractivity contribution is 5.43. The molecule has 0 aliphatic carbocycles. The zero-order valence-electron chi connectivity index (χ0n) is 11.6. The van der Waals surface area contributed by atoms with Gasteiger partial charge in [-0.05, 0) is 43.5 Å². The highest BCUT2D eigenvalue weighted by Crippen LogP contribution is 2.30. The number of ether oxygens (including phenoxy) is 3. The first kappa shape index (κ1) is 14.2. The van der Waals surface area contributed by atoms with Crippen molar-refractivity contribution < 1.29 is 14.2 Å². The van der Waals surface area contributed by atoms with Crippen LogP contribution in [-0.4, -0.2) is 33.0 Å². The molecule has 0 radical (unpaired) electrons. The lowest BCUT2D eigenvalue weighted by Crippen LogP contribution is -2.16. The summed E-state index contributed by atoms with van der Waals surface area (Å²) in [6.07, 6.45) is 4.28. The molecule has 1 saturated heterocycles. The SMILES string of the molecule is COc1ccc(CCCCN)cc1OC1CCOC1. The van der Waals surface area contributed by atoms with Crippen LogP contribution in [-0.2, 0) is 11.2 Å². The fourth-order valence-electron chi connectivity index (χ4n) is 2.23. The largest absolute Gasteiger partial charge is 0.493 e. The molecular formula is C15H23NO3. The number of benzene rings is 1. The van der Waals surface area contributed by atoms with Crippen LogP contribution in [0.2, 0.25) is 0 Å². The first-order valence-corrected chi connectivity index (χ1v) is 6.95. The van der Waals surface area contributed by atoms with Crippen LogP contribution in [0.15, 0.2) is 18.2 Å². The van der Waals surface area contributed by atoms with Crippen LogP contribution in [0.1, 0.15) is 24.8 Å². The number of hydrogen-bond donors (Lipinski definition) is 1. The fraction of sp³-hybridized carbons (Fsp3) is 0.600. The van der Waals surface area contributed by atoms with Crippen molar-refractivity contribution in [2.75, 3.05) is 26.9 Å². The van der Waals surface area contributed by atoms with E-state index in [1.165, 1.54) is 5.56 Å². The second-order valence-electron chi connectivity index (χ2n) is 4.83. The van der Waals surface area contributed by atoms with Gasteiger partial charge in [0.2, 0.25) is 0 Å². The van der Waals surface area contributed by atoms with E-state index in [0.717, 1.165) is 50.3 Å². The van der Waals surface area contributed by atoms with Crippen LogP contribution >= 0.6 is 0 Å². The van der Waals surface area contributed by atoms with E-state index in [1.54, 1.807) is 7.11 Å². The van der Waals surface area contributed by atoms with Gasteiger partial charge < -0.3 is 19.9 Å². The Kier molecular flexibility index (Phi) is 5.48. The molecule has 1 aliphatic heterocycles. The molecule has 0 amide bonds. The maximum atomic E-state index is 5.97. The quantitative estimate of drug-likeness (QED) is 0.767. The summed E-state index contributed by atoms with van der Waals surface area (Å²) in [5.74, 6) is 1.61. The van der Waals surface area contributed by atoms with Gasteiger partial charge in [0.1, 0.15) is 6.10 Å². The first-order chi connectivity index (χ1) is 9.33. The van der Waals surface area contributed by atoms with Gasteiger partial charge in [-0.25, -0.2) is 0 Å². The lowest BCUT2D eigenvalue weighted by atomic mass is 10.1. The molecule has 1 aliphatic rings. The Bertz CT molecular complexity index is 389. The molecule has 1 unspecified atom stereocenters. The third kappa shape index (κ3) is 4.11. The van der Waals surface area contributed by atoms with Crippen LogP contribution in [0, 0.1) is 0 Å². The van der Waals surface area contributed by atoms with Gasteiger partial charge in [-0.2, -0.15) is 0 Å². The zero-order valence-corrected chi connectivity index (χ0v) is 11.6. The zero-order chi connectivity index (χ0) is 13.5. The van der Waals surface area contributed by atoms with E-state index < -0.39 is 0 Å². The fourth-order valence-corrected chi connectivity index (χ4v) is 2.23. The number of nitrogens with two attached hydrogens (primary N) is 1. The minimum Gasteiger partial charge on any atom is -0.493 e. The van der Waals surface area contributed by atoms with E-state index in [9.17, 15) is 0 Å². The monoisotopic (exact) mass is 265 g/mol. The highest BCUT2D eigenvalue weighted by atomic mass is 16.6. The van der Waals surface area contributed by atoms with E-state index in [1.807, 2.05) is 6.07 Å². The van der Waals surface area contributed by atoms with Gasteiger partial charge in [0, 0.05) is 6.42 Å². The van der Waals surface area contributed by atoms with E-state index in [-0.39, 0.29) is 6.10 Å². The minimum atomic E-state index is 0.146. The van der Waals surface area contributed by atoms with E-state index in [4.69, 9.17) is 19.9 Å². The second-order valence-corrected chi connectivity index (χ2v) is 4.83. The third-order valence-corrected chi connectivity index (χ3v) is 3.33. The van der Waals surface area contributed by atoms with Crippen molar-refractivity contribution in [3.63, 3.8) is 0 Å². The van der Waals surface area contributed by atoms with Crippen LogP contribution < -0.4 is 15.2 Å². The average Bonchev–Trinajstić information content (AvgIpc) is 2.92. The molecule has 1 fully saturated rings. The topological polar surface area (TPSA) is 53.7 Å². The van der Waals surface area contributed by atoms with Gasteiger partial charge in [0.15, 0.2) is 11.5 Å². The van der Waals surface area contributed by atoms with Gasteiger partial charge in [0.05, 0.1) is 20.3 Å². The average molecular weight is 265 g/mol. The van der Waals surface area contributed by atoms with Crippen LogP contribution in [0.3, 0.4) is 0 Å². The maximum Gasteiger partial charge on any atom is 0.161 e. The van der Waals surface area contributed by atoms with Gasteiger partial charge >= 0.3 is 0 Å². The van der Waals surface area contributed by atoms with Crippen molar-refractivity contribution in [3.8, 4) is 11.5 Å². The molecule has 2 rings (SSSR count). The molecule has 19 heavy (non-hydrogen) atoms. The summed E-state index contributed by atoms with van der Waals surface area (Å²) in [5, 5.41) is 0. The van der Waals surface area contributed by atoms with Crippen molar-refractivity contribution in [3.05, 3.63) is 23.8 Å². The number of aryl methyl sites for hydroxylation is 1. The maximum absolute atomic E-state index is 5.97. The van der Waals surface area contributed by atoms with Gasteiger partial charge in [-0.3, -0.25) is 0 Å². The van der Waals surface area contributed by atoms with Crippen LogP contribution in [0.4, 0.5) is 0 Å². The molecule has 2 N–H and O–H groups in total. The van der Waals surface area contributed by atoms with Gasteiger partial charge in [-0.1, -0.05) is 6.07 Å². The first-order valence-electron chi connectivity index (χ1n) is 6.95. The normalized spacial score (nSPS) is 18.5. The predicted octanol–water partition coefficient (Wildman–Crippen LogP) is 2.14. The summed E-state index contributed by atoms with van der Waals surface area (Å²) in [7, 11) is 1.67. The molecule has 0 spiro atoms. The molecule has 4 heteroatoms. The minimum absolute atomic E-state index is 0.146. The Balaban J connectivity index is 2.02. The Morgan fingerprint density at radius 3 is 2.89 bits per heavy atom. The summed E-state index contributed by atoms with van der Waals surface area (Å²) < 4.78 is 16.7. The molecule has 1 heterocycles. The molecule has 1 aromatic rings. The Hall–Kier alpha value is -1.26. The third-order valence-electron chi connectivity index (χ3n) is 3.33. The summed E-state index contributed by atoms with van der Waals surface area (Å²) in [6.45, 7) is 2.20. The summed E-state index contributed by atoms with van der Waals surface area (Å²) in [4.78, 5) is 0.